The number of anilines is 1. The smallest absolute Gasteiger partial charge is 0.378 e. The summed E-state index contributed by atoms with van der Waals surface area (Å²) in [5.74, 6) is 0.383. The lowest BCUT2D eigenvalue weighted by Crippen LogP contribution is -2.38. The van der Waals surface area contributed by atoms with Gasteiger partial charge in [-0.25, -0.2) is 4.68 Å². The normalized spacial score (nSPS) is 31.0. The van der Waals surface area contributed by atoms with Crippen LogP contribution in [-0.2, 0) is 9.53 Å². The van der Waals surface area contributed by atoms with Gasteiger partial charge in [0.2, 0.25) is 5.91 Å². The zero-order valence-corrected chi connectivity index (χ0v) is 15.3. The first-order valence-electron chi connectivity index (χ1n) is 9.66. The van der Waals surface area contributed by atoms with E-state index in [4.69, 9.17) is 4.74 Å². The monoisotopic (exact) mass is 386 g/mol. The van der Waals surface area contributed by atoms with Crippen molar-refractivity contribution in [2.24, 2.45) is 0 Å². The number of rotatable bonds is 3. The molecule has 0 bridgehead atoms. The molecule has 1 N–H and O–H groups in total. The van der Waals surface area contributed by atoms with Gasteiger partial charge in [0, 0.05) is 25.3 Å². The molecule has 1 aromatic heterocycles. The fraction of sp³-hybridized carbons (Fsp3) is 0.778. The van der Waals surface area contributed by atoms with Gasteiger partial charge in [0.05, 0.1) is 24.3 Å². The number of amides is 1. The molecule has 9 heteroatoms. The Kier molecular flexibility index (Phi) is 4.82. The van der Waals surface area contributed by atoms with E-state index in [0.717, 1.165) is 30.4 Å². The van der Waals surface area contributed by atoms with E-state index in [0.29, 0.717) is 31.1 Å². The molecule has 0 saturated carbocycles. The fourth-order valence-corrected chi connectivity index (χ4v) is 4.43. The summed E-state index contributed by atoms with van der Waals surface area (Å²) in [5, 5.41) is 7.37. The molecule has 0 spiro atoms. The van der Waals surface area contributed by atoms with E-state index < -0.39 is 12.2 Å². The number of halogens is 3. The van der Waals surface area contributed by atoms with Crippen LogP contribution in [0.15, 0.2) is 6.07 Å². The van der Waals surface area contributed by atoms with Crippen LogP contribution in [0.2, 0.25) is 0 Å². The third-order valence-corrected chi connectivity index (χ3v) is 5.74. The Labute approximate surface area is 156 Å². The van der Waals surface area contributed by atoms with Crippen LogP contribution in [0.3, 0.4) is 0 Å². The maximum Gasteiger partial charge on any atom is 0.410 e. The summed E-state index contributed by atoms with van der Waals surface area (Å²) in [6.45, 7) is 3.05. The number of fused-ring (bicyclic) bond motifs is 1. The Balaban J connectivity index is 1.55. The van der Waals surface area contributed by atoms with E-state index >= 15 is 0 Å². The van der Waals surface area contributed by atoms with E-state index in [-0.39, 0.29) is 30.5 Å². The van der Waals surface area contributed by atoms with Crippen molar-refractivity contribution in [2.45, 2.75) is 75.9 Å². The Morgan fingerprint density at radius 3 is 2.89 bits per heavy atom. The molecule has 27 heavy (non-hydrogen) atoms. The maximum atomic E-state index is 13.4. The second-order valence-electron chi connectivity index (χ2n) is 7.82. The molecule has 3 aliphatic rings. The number of ether oxygens (including phenoxy) is 1. The Hall–Kier alpha value is -1.77. The molecule has 2 saturated heterocycles. The summed E-state index contributed by atoms with van der Waals surface area (Å²) in [7, 11) is 0. The lowest BCUT2D eigenvalue weighted by atomic mass is 10.1. The van der Waals surface area contributed by atoms with Gasteiger partial charge in [-0.15, -0.1) is 0 Å². The van der Waals surface area contributed by atoms with Crippen molar-refractivity contribution in [2.75, 3.05) is 18.5 Å². The van der Waals surface area contributed by atoms with Gasteiger partial charge in [-0.05, 0) is 39.0 Å². The summed E-state index contributed by atoms with van der Waals surface area (Å²) in [4.78, 5) is 14.5. The van der Waals surface area contributed by atoms with Crippen LogP contribution in [0, 0.1) is 0 Å². The van der Waals surface area contributed by atoms with Gasteiger partial charge in [-0.3, -0.25) is 4.79 Å². The van der Waals surface area contributed by atoms with Gasteiger partial charge in [0.25, 0.3) is 0 Å². The summed E-state index contributed by atoms with van der Waals surface area (Å²) in [5.41, 5.74) is 0.541. The van der Waals surface area contributed by atoms with Crippen molar-refractivity contribution in [3.63, 3.8) is 0 Å². The van der Waals surface area contributed by atoms with E-state index in [1.165, 1.54) is 0 Å². The molecule has 0 aliphatic carbocycles. The third-order valence-electron chi connectivity index (χ3n) is 5.74. The van der Waals surface area contributed by atoms with Crippen molar-refractivity contribution < 1.29 is 22.7 Å². The molecule has 150 valence electrons. The molecule has 3 aliphatic heterocycles. The fourth-order valence-electron chi connectivity index (χ4n) is 4.43. The molecule has 6 nitrogen and oxygen atoms in total. The van der Waals surface area contributed by atoms with Gasteiger partial charge in [-0.1, -0.05) is 0 Å². The molecule has 0 radical (unpaired) electrons. The highest BCUT2D eigenvalue weighted by molar-refractivity contribution is 5.77. The van der Waals surface area contributed by atoms with Crippen molar-refractivity contribution >= 4 is 11.7 Å². The molecule has 4 atom stereocenters. The van der Waals surface area contributed by atoms with Gasteiger partial charge in [0.1, 0.15) is 5.82 Å². The predicted molar refractivity (Wildman–Crippen MR) is 92.3 cm³/mol. The number of carbonyl (C=O) groups excluding carboxylic acids is 1. The van der Waals surface area contributed by atoms with Crippen molar-refractivity contribution in [3.05, 3.63) is 11.8 Å². The maximum absolute atomic E-state index is 13.4. The number of nitrogens with zero attached hydrogens (tertiary/aromatic N) is 3. The lowest BCUT2D eigenvalue weighted by molar-refractivity contribution is -0.173. The summed E-state index contributed by atoms with van der Waals surface area (Å²) < 4.78 is 46.9. The Morgan fingerprint density at radius 1 is 1.37 bits per heavy atom. The average Bonchev–Trinajstić information content (AvgIpc) is 3.32. The molecule has 1 amide bonds. The molecular formula is C18H25F3N4O2. The van der Waals surface area contributed by atoms with Crippen LogP contribution in [0.4, 0.5) is 19.0 Å². The molecule has 2 fully saturated rings. The van der Waals surface area contributed by atoms with Crippen LogP contribution in [0.25, 0.3) is 0 Å². The van der Waals surface area contributed by atoms with Crippen molar-refractivity contribution in [3.8, 4) is 0 Å². The first-order chi connectivity index (χ1) is 12.8. The SMILES string of the molecule is C[C@@H]1C[C@H](C(F)(F)F)n2nc([C@H]3CCCN3C(=O)C[C@H]3CCCO3)cc2N1. The van der Waals surface area contributed by atoms with Crippen LogP contribution < -0.4 is 5.32 Å². The predicted octanol–water partition coefficient (Wildman–Crippen LogP) is 3.42. The molecular weight excluding hydrogens is 361 g/mol. The number of aromatic nitrogens is 2. The van der Waals surface area contributed by atoms with Gasteiger partial charge < -0.3 is 15.0 Å². The number of alkyl halides is 3. The number of likely N-dealkylation sites (tertiary alicyclic amines) is 1. The molecule has 4 rings (SSSR count). The van der Waals surface area contributed by atoms with Gasteiger partial charge >= 0.3 is 6.18 Å². The summed E-state index contributed by atoms with van der Waals surface area (Å²) in [6.07, 6.45) is -0.688. The van der Waals surface area contributed by atoms with Crippen LogP contribution in [0.1, 0.15) is 63.2 Å². The highest BCUT2D eigenvalue weighted by Crippen LogP contribution is 2.41. The number of hydrogen-bond donors (Lipinski definition) is 1. The van der Waals surface area contributed by atoms with E-state index in [1.54, 1.807) is 17.9 Å². The minimum atomic E-state index is -4.35. The minimum Gasteiger partial charge on any atom is -0.378 e. The molecule has 1 aromatic rings. The molecule has 4 heterocycles. The van der Waals surface area contributed by atoms with Gasteiger partial charge in [-0.2, -0.15) is 18.3 Å². The largest absolute Gasteiger partial charge is 0.410 e. The zero-order valence-electron chi connectivity index (χ0n) is 15.3. The van der Waals surface area contributed by atoms with Crippen LogP contribution in [-0.4, -0.2) is 52.1 Å². The van der Waals surface area contributed by atoms with Crippen molar-refractivity contribution in [1.82, 2.24) is 14.7 Å². The molecule has 0 unspecified atom stereocenters. The quantitative estimate of drug-likeness (QED) is 0.865. The number of nitrogens with one attached hydrogen (secondary N) is 1. The Morgan fingerprint density at radius 2 is 2.19 bits per heavy atom. The van der Waals surface area contributed by atoms with E-state index in [1.807, 2.05) is 0 Å². The van der Waals surface area contributed by atoms with E-state index in [9.17, 15) is 18.0 Å². The first-order valence-corrected chi connectivity index (χ1v) is 9.66. The number of hydrogen-bond acceptors (Lipinski definition) is 4. The van der Waals surface area contributed by atoms with Gasteiger partial charge in [0.15, 0.2) is 6.04 Å². The summed E-state index contributed by atoms with van der Waals surface area (Å²) in [6, 6.07) is -0.496. The lowest BCUT2D eigenvalue weighted by Gasteiger charge is -2.31. The van der Waals surface area contributed by atoms with E-state index in [2.05, 4.69) is 10.4 Å². The Bertz CT molecular complexity index is 699. The van der Waals surface area contributed by atoms with Crippen LogP contribution >= 0.6 is 0 Å². The summed E-state index contributed by atoms with van der Waals surface area (Å²) >= 11 is 0. The second-order valence-corrected chi connectivity index (χ2v) is 7.82. The molecule has 0 aromatic carbocycles. The highest BCUT2D eigenvalue weighted by Gasteiger charge is 2.46. The number of carbonyl (C=O) groups is 1. The minimum absolute atomic E-state index is 0.00377. The first kappa shape index (κ1) is 18.6. The van der Waals surface area contributed by atoms with Crippen LogP contribution in [0.5, 0.6) is 0 Å². The average molecular weight is 386 g/mol. The van der Waals surface area contributed by atoms with Crippen molar-refractivity contribution in [1.29, 1.82) is 0 Å². The second kappa shape index (κ2) is 7.00. The third kappa shape index (κ3) is 3.66. The zero-order chi connectivity index (χ0) is 19.2. The highest BCUT2D eigenvalue weighted by atomic mass is 19.4. The topological polar surface area (TPSA) is 59.4 Å². The standard InChI is InChI=1S/C18H25F3N4O2/c1-11-8-15(18(19,20)21)25-16(22-11)10-13(23-25)14-5-2-6-24(14)17(26)9-12-4-3-7-27-12/h10-12,14-15,22H,2-9H2,1H3/t11-,12-,14-,15-/m1/s1.